The van der Waals surface area contributed by atoms with Crippen LogP contribution in [-0.4, -0.2) is 58.1 Å². The highest BCUT2D eigenvalue weighted by atomic mass is 32.2. The highest BCUT2D eigenvalue weighted by Crippen LogP contribution is 2.32. The van der Waals surface area contributed by atoms with Crippen molar-refractivity contribution in [3.8, 4) is 11.5 Å². The highest BCUT2D eigenvalue weighted by Gasteiger charge is 2.30. The van der Waals surface area contributed by atoms with Gasteiger partial charge >= 0.3 is 0 Å². The number of benzene rings is 2. The van der Waals surface area contributed by atoms with Crippen LogP contribution in [0.4, 0.5) is 5.69 Å². The Labute approximate surface area is 165 Å². The fraction of sp³-hybridized carbons (Fsp3) is 0.368. The van der Waals surface area contributed by atoms with E-state index in [2.05, 4.69) is 0 Å². The molecular formula is C19H26N2O6S. The summed E-state index contributed by atoms with van der Waals surface area (Å²) in [5, 5.41) is 19.2. The van der Waals surface area contributed by atoms with Gasteiger partial charge in [-0.15, -0.1) is 0 Å². The number of nitrogens with zero attached hydrogens (tertiary/aromatic N) is 1. The summed E-state index contributed by atoms with van der Waals surface area (Å²) in [4.78, 5) is -0.0476. The first-order valence-corrected chi connectivity index (χ1v) is 10.2. The Morgan fingerprint density at radius 2 is 1.93 bits per heavy atom. The Morgan fingerprint density at radius 3 is 2.57 bits per heavy atom. The van der Waals surface area contributed by atoms with E-state index < -0.39 is 22.7 Å². The lowest BCUT2D eigenvalue weighted by atomic mass is 10.2. The Bertz CT molecular complexity index is 888. The summed E-state index contributed by atoms with van der Waals surface area (Å²) >= 11 is 0. The molecule has 0 heterocycles. The molecule has 2 rings (SSSR count). The first-order valence-electron chi connectivity index (χ1n) is 8.72. The fourth-order valence-electron chi connectivity index (χ4n) is 2.67. The minimum atomic E-state index is -4.10. The largest absolute Gasteiger partial charge is 0.495 e. The van der Waals surface area contributed by atoms with Gasteiger partial charge in [-0.2, -0.15) is 0 Å². The molecule has 9 heteroatoms. The van der Waals surface area contributed by atoms with Crippen molar-refractivity contribution in [2.24, 2.45) is 5.73 Å². The van der Waals surface area contributed by atoms with Crippen LogP contribution in [0.3, 0.4) is 0 Å². The number of ether oxygens (including phenoxy) is 2. The predicted octanol–water partition coefficient (Wildman–Crippen LogP) is 0.890. The molecule has 0 spiro atoms. The number of anilines is 1. The van der Waals surface area contributed by atoms with Gasteiger partial charge in [-0.25, -0.2) is 8.42 Å². The number of aliphatic hydroxyl groups excluding tert-OH is 2. The van der Waals surface area contributed by atoms with Crippen molar-refractivity contribution in [3.63, 3.8) is 0 Å². The van der Waals surface area contributed by atoms with Gasteiger partial charge in [-0.1, -0.05) is 12.1 Å². The van der Waals surface area contributed by atoms with Crippen molar-refractivity contribution in [3.05, 3.63) is 48.0 Å². The van der Waals surface area contributed by atoms with Crippen molar-refractivity contribution in [2.45, 2.75) is 17.9 Å². The van der Waals surface area contributed by atoms with E-state index >= 15 is 0 Å². The van der Waals surface area contributed by atoms with E-state index in [1.165, 1.54) is 13.2 Å². The number of aliphatic hydroxyl groups is 2. The van der Waals surface area contributed by atoms with E-state index in [0.29, 0.717) is 18.0 Å². The summed E-state index contributed by atoms with van der Waals surface area (Å²) in [7, 11) is -2.72. The second-order valence-electron chi connectivity index (χ2n) is 6.16. The van der Waals surface area contributed by atoms with Crippen LogP contribution in [0, 0.1) is 6.92 Å². The average Bonchev–Trinajstić information content (AvgIpc) is 2.69. The topological polar surface area (TPSA) is 122 Å². The van der Waals surface area contributed by atoms with Gasteiger partial charge in [-0.05, 0) is 36.8 Å². The normalized spacial score (nSPS) is 12.5. The number of hydrogen-bond donors (Lipinski definition) is 3. The molecule has 0 saturated heterocycles. The third-order valence-electron chi connectivity index (χ3n) is 3.93. The Hall–Kier alpha value is -2.33. The Morgan fingerprint density at radius 1 is 1.21 bits per heavy atom. The van der Waals surface area contributed by atoms with E-state index in [1.54, 1.807) is 43.3 Å². The van der Waals surface area contributed by atoms with Gasteiger partial charge in [0.1, 0.15) is 23.0 Å². The first-order chi connectivity index (χ1) is 13.3. The molecule has 28 heavy (non-hydrogen) atoms. The molecule has 154 valence electrons. The zero-order valence-electron chi connectivity index (χ0n) is 15.9. The molecule has 8 nitrogen and oxygen atoms in total. The third-order valence-corrected chi connectivity index (χ3v) is 5.77. The Balaban J connectivity index is 2.58. The summed E-state index contributed by atoms with van der Waals surface area (Å²) in [5.41, 5.74) is 6.53. The predicted molar refractivity (Wildman–Crippen MR) is 106 cm³/mol. The lowest BCUT2D eigenvalue weighted by Gasteiger charge is -2.27. The molecule has 0 radical (unpaired) electrons. The molecule has 4 N–H and O–H groups in total. The van der Waals surface area contributed by atoms with Gasteiger partial charge in [0.2, 0.25) is 0 Å². The van der Waals surface area contributed by atoms with E-state index in [9.17, 15) is 18.6 Å². The van der Waals surface area contributed by atoms with E-state index in [-0.39, 0.29) is 23.8 Å². The SMILES string of the molecule is COc1ccccc1S(=O)(=O)N(CC(O)CO)c1cc(C)cc(OCCN)c1. The molecule has 1 atom stereocenters. The monoisotopic (exact) mass is 410 g/mol. The molecule has 0 aromatic heterocycles. The number of nitrogens with two attached hydrogens (primary N) is 1. The minimum absolute atomic E-state index is 0.0476. The van der Waals surface area contributed by atoms with Gasteiger partial charge in [0.15, 0.2) is 0 Å². The van der Waals surface area contributed by atoms with Crippen LogP contribution in [0.25, 0.3) is 0 Å². The maximum absolute atomic E-state index is 13.4. The van der Waals surface area contributed by atoms with E-state index in [1.807, 2.05) is 0 Å². The number of para-hydroxylation sites is 1. The molecule has 0 aliphatic rings. The van der Waals surface area contributed by atoms with Crippen molar-refractivity contribution in [2.75, 3.05) is 37.7 Å². The quantitative estimate of drug-likeness (QED) is 0.532. The third kappa shape index (κ3) is 5.14. The smallest absolute Gasteiger partial charge is 0.268 e. The molecule has 0 bridgehead atoms. The first kappa shape index (κ1) is 22.0. The summed E-state index contributed by atoms with van der Waals surface area (Å²) in [6, 6.07) is 11.2. The maximum Gasteiger partial charge on any atom is 0.268 e. The molecule has 0 fully saturated rings. The number of sulfonamides is 1. The summed E-state index contributed by atoms with van der Waals surface area (Å²) in [5.74, 6) is 0.636. The van der Waals surface area contributed by atoms with Crippen LogP contribution in [-0.2, 0) is 10.0 Å². The summed E-state index contributed by atoms with van der Waals surface area (Å²) in [6.07, 6.45) is -1.27. The number of hydrogen-bond acceptors (Lipinski definition) is 7. The second-order valence-corrected chi connectivity index (χ2v) is 8.00. The fourth-order valence-corrected chi connectivity index (χ4v) is 4.32. The standard InChI is InChI=1S/C19H26N2O6S/c1-14-9-15(11-17(10-14)27-8-7-20)21(12-16(23)13-22)28(24,25)19-6-4-3-5-18(19)26-2/h3-6,9-11,16,22-23H,7-8,12-13,20H2,1-2H3. The van der Waals surface area contributed by atoms with Crippen molar-refractivity contribution < 1.29 is 28.1 Å². The van der Waals surface area contributed by atoms with Crippen LogP contribution in [0.5, 0.6) is 11.5 Å². The average molecular weight is 410 g/mol. The van der Waals surface area contributed by atoms with Gasteiger partial charge in [-0.3, -0.25) is 4.31 Å². The summed E-state index contributed by atoms with van der Waals surface area (Å²) in [6.45, 7) is 1.48. The minimum Gasteiger partial charge on any atom is -0.495 e. The van der Waals surface area contributed by atoms with E-state index in [0.717, 1.165) is 9.87 Å². The molecular weight excluding hydrogens is 384 g/mol. The molecule has 0 amide bonds. The van der Waals surface area contributed by atoms with Crippen LogP contribution in [0.2, 0.25) is 0 Å². The zero-order valence-corrected chi connectivity index (χ0v) is 16.7. The zero-order chi connectivity index (χ0) is 20.7. The van der Waals surface area contributed by atoms with Gasteiger partial charge in [0, 0.05) is 12.6 Å². The Kier molecular flexibility index (Phi) is 7.64. The van der Waals surface area contributed by atoms with E-state index in [4.69, 9.17) is 15.2 Å². The molecule has 2 aromatic carbocycles. The highest BCUT2D eigenvalue weighted by molar-refractivity contribution is 7.93. The number of aryl methyl sites for hydroxylation is 1. The van der Waals surface area contributed by atoms with Crippen LogP contribution >= 0.6 is 0 Å². The molecule has 1 unspecified atom stereocenters. The van der Waals surface area contributed by atoms with Crippen molar-refractivity contribution in [1.29, 1.82) is 0 Å². The van der Waals surface area contributed by atoms with Crippen LogP contribution < -0.4 is 19.5 Å². The van der Waals surface area contributed by atoms with Gasteiger partial charge < -0.3 is 25.4 Å². The lowest BCUT2D eigenvalue weighted by Crippen LogP contribution is -2.39. The second kappa shape index (κ2) is 9.74. The summed E-state index contributed by atoms with van der Waals surface area (Å²) < 4.78 is 38.6. The van der Waals surface area contributed by atoms with Crippen molar-refractivity contribution in [1.82, 2.24) is 0 Å². The maximum atomic E-state index is 13.4. The van der Waals surface area contributed by atoms with Gasteiger partial charge in [0.25, 0.3) is 10.0 Å². The van der Waals surface area contributed by atoms with Crippen LogP contribution in [0.1, 0.15) is 5.56 Å². The number of methoxy groups -OCH3 is 1. The lowest BCUT2D eigenvalue weighted by molar-refractivity contribution is 0.102. The molecule has 0 aliphatic carbocycles. The molecule has 2 aromatic rings. The number of rotatable bonds is 10. The van der Waals surface area contributed by atoms with Crippen molar-refractivity contribution >= 4 is 15.7 Å². The van der Waals surface area contributed by atoms with Gasteiger partial charge in [0.05, 0.1) is 32.1 Å². The molecule has 0 saturated carbocycles. The van der Waals surface area contributed by atoms with Crippen LogP contribution in [0.15, 0.2) is 47.4 Å². The molecule has 0 aliphatic heterocycles.